The number of rotatable bonds is 3. The molecule has 1 saturated carbocycles. The Labute approximate surface area is 123 Å². The van der Waals surface area contributed by atoms with Gasteiger partial charge in [0, 0.05) is 12.6 Å². The predicted octanol–water partition coefficient (Wildman–Crippen LogP) is 4.14. The van der Waals surface area contributed by atoms with Crippen LogP contribution in [0.25, 0.3) is 0 Å². The molecular weight excluding hydrogens is 265 g/mol. The van der Waals surface area contributed by atoms with E-state index in [9.17, 15) is 4.39 Å². The van der Waals surface area contributed by atoms with E-state index in [2.05, 4.69) is 11.4 Å². The summed E-state index contributed by atoms with van der Waals surface area (Å²) >= 11 is 0. The average molecular weight is 283 g/mol. The van der Waals surface area contributed by atoms with Crippen molar-refractivity contribution in [3.05, 3.63) is 58.9 Å². The summed E-state index contributed by atoms with van der Waals surface area (Å²) in [6.07, 6.45) is 3.27. The Hall–Kier alpha value is -1.87. The minimum Gasteiger partial charge on any atom is -0.457 e. The fourth-order valence-electron chi connectivity index (χ4n) is 2.95. The zero-order valence-electron chi connectivity index (χ0n) is 11.9. The van der Waals surface area contributed by atoms with Gasteiger partial charge in [-0.1, -0.05) is 12.1 Å². The summed E-state index contributed by atoms with van der Waals surface area (Å²) in [6.45, 7) is 1.91. The maximum Gasteiger partial charge on any atom is 0.130 e. The van der Waals surface area contributed by atoms with Crippen LogP contribution in [0, 0.1) is 5.82 Å². The molecule has 1 heterocycles. The predicted molar refractivity (Wildman–Crippen MR) is 80.3 cm³/mol. The van der Waals surface area contributed by atoms with Gasteiger partial charge in [0.15, 0.2) is 0 Å². The second-order valence-corrected chi connectivity index (χ2v) is 5.92. The third-order valence-corrected chi connectivity index (χ3v) is 4.29. The van der Waals surface area contributed by atoms with Crippen LogP contribution >= 0.6 is 0 Å². The molecule has 0 aromatic heterocycles. The highest BCUT2D eigenvalue weighted by Crippen LogP contribution is 2.42. The lowest BCUT2D eigenvalue weighted by Gasteiger charge is -2.18. The number of nitrogens with one attached hydrogen (secondary N) is 1. The number of ether oxygens (including phenoxy) is 1. The molecule has 2 nitrogen and oxygen atoms in total. The van der Waals surface area contributed by atoms with Crippen molar-refractivity contribution in [1.82, 2.24) is 5.32 Å². The Bertz CT molecular complexity index is 679. The van der Waals surface area contributed by atoms with Crippen molar-refractivity contribution in [2.24, 2.45) is 0 Å². The molecule has 1 fully saturated rings. The van der Waals surface area contributed by atoms with E-state index in [4.69, 9.17) is 4.74 Å². The van der Waals surface area contributed by atoms with E-state index in [-0.39, 0.29) is 5.82 Å². The van der Waals surface area contributed by atoms with Gasteiger partial charge in [-0.25, -0.2) is 4.39 Å². The second kappa shape index (κ2) is 5.15. The maximum absolute atomic E-state index is 14.0. The molecule has 0 radical (unpaired) electrons. The first-order chi connectivity index (χ1) is 10.3. The van der Waals surface area contributed by atoms with Gasteiger partial charge in [-0.3, -0.25) is 0 Å². The van der Waals surface area contributed by atoms with Crippen molar-refractivity contribution in [2.75, 3.05) is 6.54 Å². The van der Waals surface area contributed by atoms with Gasteiger partial charge in [0.2, 0.25) is 0 Å². The van der Waals surface area contributed by atoms with E-state index >= 15 is 0 Å². The third-order valence-electron chi connectivity index (χ3n) is 4.29. The smallest absolute Gasteiger partial charge is 0.130 e. The summed E-state index contributed by atoms with van der Waals surface area (Å²) in [5.41, 5.74) is 3.47. The minimum absolute atomic E-state index is 0.144. The van der Waals surface area contributed by atoms with E-state index in [0.717, 1.165) is 43.7 Å². The molecule has 3 heteroatoms. The number of halogens is 1. The Morgan fingerprint density at radius 1 is 1.00 bits per heavy atom. The molecule has 4 rings (SSSR count). The molecule has 1 aliphatic carbocycles. The van der Waals surface area contributed by atoms with Crippen LogP contribution in [0.4, 0.5) is 4.39 Å². The van der Waals surface area contributed by atoms with Crippen LogP contribution in [0.15, 0.2) is 36.4 Å². The molecule has 0 atom stereocenters. The standard InChI is InChI=1S/C18H18FNO/c19-18-10-16(5-6-17(18)13-1-2-13)21-15-4-3-12-7-8-20-11-14(12)9-15/h3-6,9-10,13,20H,1-2,7-8,11H2. The molecule has 108 valence electrons. The van der Waals surface area contributed by atoms with Crippen molar-refractivity contribution >= 4 is 0 Å². The average Bonchev–Trinajstić information content (AvgIpc) is 3.32. The number of hydrogen-bond donors (Lipinski definition) is 1. The summed E-state index contributed by atoms with van der Waals surface area (Å²) in [6, 6.07) is 11.4. The van der Waals surface area contributed by atoms with Gasteiger partial charge >= 0.3 is 0 Å². The van der Waals surface area contributed by atoms with Crippen molar-refractivity contribution in [3.8, 4) is 11.5 Å². The molecule has 2 aliphatic rings. The lowest BCUT2D eigenvalue weighted by atomic mass is 10.0. The zero-order valence-corrected chi connectivity index (χ0v) is 11.9. The Balaban J connectivity index is 1.56. The Morgan fingerprint density at radius 3 is 2.62 bits per heavy atom. The lowest BCUT2D eigenvalue weighted by molar-refractivity contribution is 0.473. The van der Waals surface area contributed by atoms with Crippen molar-refractivity contribution in [1.29, 1.82) is 0 Å². The summed E-state index contributed by atoms with van der Waals surface area (Å²) < 4.78 is 19.8. The molecule has 0 amide bonds. The maximum atomic E-state index is 14.0. The summed E-state index contributed by atoms with van der Waals surface area (Å²) in [4.78, 5) is 0. The lowest BCUT2D eigenvalue weighted by Crippen LogP contribution is -2.23. The zero-order chi connectivity index (χ0) is 14.2. The first-order valence-corrected chi connectivity index (χ1v) is 7.59. The Kier molecular flexibility index (Phi) is 3.15. The SMILES string of the molecule is Fc1cc(Oc2ccc3c(c2)CNCC3)ccc1C1CC1. The minimum atomic E-state index is -0.144. The first-order valence-electron chi connectivity index (χ1n) is 7.59. The second-order valence-electron chi connectivity index (χ2n) is 5.92. The quantitative estimate of drug-likeness (QED) is 0.914. The molecule has 1 N–H and O–H groups in total. The number of fused-ring (bicyclic) bond motifs is 1. The molecule has 0 bridgehead atoms. The van der Waals surface area contributed by atoms with Gasteiger partial charge in [-0.2, -0.15) is 0 Å². The van der Waals surface area contributed by atoms with Crippen LogP contribution in [0.2, 0.25) is 0 Å². The Morgan fingerprint density at radius 2 is 1.81 bits per heavy atom. The molecule has 2 aromatic carbocycles. The van der Waals surface area contributed by atoms with Crippen molar-refractivity contribution < 1.29 is 9.13 Å². The fourth-order valence-corrected chi connectivity index (χ4v) is 2.95. The monoisotopic (exact) mass is 283 g/mol. The van der Waals surface area contributed by atoms with Gasteiger partial charge in [0.25, 0.3) is 0 Å². The van der Waals surface area contributed by atoms with Crippen LogP contribution in [0.1, 0.15) is 35.4 Å². The fraction of sp³-hybridized carbons (Fsp3) is 0.333. The largest absolute Gasteiger partial charge is 0.457 e. The van der Waals surface area contributed by atoms with E-state index in [0.29, 0.717) is 11.7 Å². The summed E-state index contributed by atoms with van der Waals surface area (Å²) in [5, 5.41) is 3.35. The highest BCUT2D eigenvalue weighted by atomic mass is 19.1. The van der Waals surface area contributed by atoms with E-state index in [1.165, 1.54) is 17.2 Å². The summed E-state index contributed by atoms with van der Waals surface area (Å²) in [7, 11) is 0. The molecule has 0 saturated heterocycles. The highest BCUT2D eigenvalue weighted by molar-refractivity contribution is 5.41. The van der Waals surface area contributed by atoms with Gasteiger partial charge in [0.1, 0.15) is 17.3 Å². The number of hydrogen-bond acceptors (Lipinski definition) is 2. The normalized spacial score (nSPS) is 17.4. The van der Waals surface area contributed by atoms with Crippen LogP contribution < -0.4 is 10.1 Å². The molecule has 1 aliphatic heterocycles. The van der Waals surface area contributed by atoms with Crippen molar-refractivity contribution in [3.63, 3.8) is 0 Å². The van der Waals surface area contributed by atoms with Gasteiger partial charge < -0.3 is 10.1 Å². The van der Waals surface area contributed by atoms with E-state index in [1.807, 2.05) is 24.3 Å². The molecule has 0 unspecified atom stereocenters. The van der Waals surface area contributed by atoms with Crippen LogP contribution in [0.5, 0.6) is 11.5 Å². The highest BCUT2D eigenvalue weighted by Gasteiger charge is 2.26. The molecule has 21 heavy (non-hydrogen) atoms. The van der Waals surface area contributed by atoms with Gasteiger partial charge in [0.05, 0.1) is 0 Å². The topological polar surface area (TPSA) is 21.3 Å². The van der Waals surface area contributed by atoms with Gasteiger partial charge in [-0.15, -0.1) is 0 Å². The van der Waals surface area contributed by atoms with Crippen molar-refractivity contribution in [2.45, 2.75) is 31.7 Å². The number of benzene rings is 2. The molecule has 2 aromatic rings. The molecular formula is C18H18FNO. The van der Waals surface area contributed by atoms with Crippen LogP contribution in [-0.4, -0.2) is 6.54 Å². The van der Waals surface area contributed by atoms with E-state index in [1.54, 1.807) is 0 Å². The third kappa shape index (κ3) is 2.66. The van der Waals surface area contributed by atoms with Crippen LogP contribution in [-0.2, 0) is 13.0 Å². The summed E-state index contributed by atoms with van der Waals surface area (Å²) in [5.74, 6) is 1.63. The van der Waals surface area contributed by atoms with Gasteiger partial charge in [-0.05, 0) is 66.6 Å². The first kappa shape index (κ1) is 12.8. The van der Waals surface area contributed by atoms with E-state index < -0.39 is 0 Å². The van der Waals surface area contributed by atoms with Crippen LogP contribution in [0.3, 0.4) is 0 Å². The molecule has 0 spiro atoms.